The van der Waals surface area contributed by atoms with Crippen LogP contribution in [-0.2, 0) is 6.18 Å². The number of nitrogens with two attached hydrogens (primary N) is 1. The first-order valence-corrected chi connectivity index (χ1v) is 7.03. The van der Waals surface area contributed by atoms with Crippen molar-refractivity contribution < 1.29 is 13.2 Å². The minimum atomic E-state index is -4.33. The van der Waals surface area contributed by atoms with E-state index < -0.39 is 11.7 Å². The summed E-state index contributed by atoms with van der Waals surface area (Å²) in [7, 11) is 0. The van der Waals surface area contributed by atoms with Gasteiger partial charge in [-0.05, 0) is 30.4 Å². The Labute approximate surface area is 115 Å². The maximum absolute atomic E-state index is 12.4. The number of hydrogen-bond donors (Lipinski definition) is 1. The molecule has 2 atom stereocenters. The van der Waals surface area contributed by atoms with E-state index in [1.165, 1.54) is 17.8 Å². The van der Waals surface area contributed by atoms with Gasteiger partial charge in [0, 0.05) is 17.5 Å². The molecule has 0 aromatic carbocycles. The molecule has 106 valence electrons. The second-order valence-corrected chi connectivity index (χ2v) is 6.85. The maximum Gasteiger partial charge on any atom is 0.417 e. The van der Waals surface area contributed by atoms with Crippen molar-refractivity contribution in [1.29, 1.82) is 0 Å². The van der Waals surface area contributed by atoms with Gasteiger partial charge in [-0.3, -0.25) is 0 Å². The highest BCUT2D eigenvalue weighted by Gasteiger charge is 2.40. The Bertz CT molecular complexity index is 442. The highest BCUT2D eigenvalue weighted by atomic mass is 32.2. The lowest BCUT2D eigenvalue weighted by molar-refractivity contribution is -0.137. The lowest BCUT2D eigenvalue weighted by Crippen LogP contribution is -2.38. The molecule has 1 aromatic rings. The fourth-order valence-corrected chi connectivity index (χ4v) is 3.59. The number of rotatable bonds is 2. The van der Waals surface area contributed by atoms with Crippen molar-refractivity contribution in [3.8, 4) is 0 Å². The summed E-state index contributed by atoms with van der Waals surface area (Å²) in [5.74, 6) is 0. The number of nitrogens with zero attached hydrogens (tertiary/aromatic N) is 1. The molecule has 1 aliphatic rings. The Balaban J connectivity index is 2.05. The van der Waals surface area contributed by atoms with Gasteiger partial charge in [-0.15, -0.1) is 11.8 Å². The molecule has 19 heavy (non-hydrogen) atoms. The quantitative estimate of drug-likeness (QED) is 0.902. The molecule has 1 heterocycles. The summed E-state index contributed by atoms with van der Waals surface area (Å²) >= 11 is 1.48. The smallest absolute Gasteiger partial charge is 0.326 e. The first kappa shape index (κ1) is 14.7. The van der Waals surface area contributed by atoms with Crippen LogP contribution in [0.25, 0.3) is 0 Å². The second-order valence-electron chi connectivity index (χ2n) is 5.59. The van der Waals surface area contributed by atoms with Gasteiger partial charge in [0.25, 0.3) is 0 Å². The van der Waals surface area contributed by atoms with E-state index in [0.29, 0.717) is 5.03 Å². The van der Waals surface area contributed by atoms with Crippen molar-refractivity contribution >= 4 is 11.8 Å². The largest absolute Gasteiger partial charge is 0.417 e. The number of pyridine rings is 1. The van der Waals surface area contributed by atoms with Crippen molar-refractivity contribution in [3.63, 3.8) is 0 Å². The molecule has 0 amide bonds. The molecule has 1 fully saturated rings. The third kappa shape index (κ3) is 3.23. The zero-order valence-electron chi connectivity index (χ0n) is 10.9. The van der Waals surface area contributed by atoms with Gasteiger partial charge in [0.15, 0.2) is 0 Å². The van der Waals surface area contributed by atoms with Crippen molar-refractivity contribution in [2.24, 2.45) is 11.1 Å². The highest BCUT2D eigenvalue weighted by molar-refractivity contribution is 7.99. The second kappa shape index (κ2) is 4.98. The van der Waals surface area contributed by atoms with Gasteiger partial charge in [0.2, 0.25) is 0 Å². The van der Waals surface area contributed by atoms with Crippen molar-refractivity contribution in [2.45, 2.75) is 49.2 Å². The van der Waals surface area contributed by atoms with Gasteiger partial charge < -0.3 is 5.73 Å². The summed E-state index contributed by atoms with van der Waals surface area (Å²) in [6.45, 7) is 4.25. The summed E-state index contributed by atoms with van der Waals surface area (Å²) < 4.78 is 37.3. The molecular formula is C13H17F3N2S. The summed E-state index contributed by atoms with van der Waals surface area (Å²) in [4.78, 5) is 3.88. The molecule has 0 saturated heterocycles. The standard InChI is InChI=1S/C13H17F3N2S/c1-12(2)6-5-9(11(12)17)19-10-4-3-8(7-18-10)13(14,15)16/h3-4,7,9,11H,5-6,17H2,1-2H3. The molecule has 1 saturated carbocycles. The number of thioether (sulfide) groups is 1. The molecule has 0 aliphatic heterocycles. The molecule has 2 rings (SSSR count). The topological polar surface area (TPSA) is 38.9 Å². The van der Waals surface area contributed by atoms with Crippen molar-refractivity contribution in [3.05, 3.63) is 23.9 Å². The fourth-order valence-electron chi connectivity index (χ4n) is 2.27. The molecular weight excluding hydrogens is 273 g/mol. The normalized spacial score (nSPS) is 26.6. The Morgan fingerprint density at radius 1 is 1.37 bits per heavy atom. The fraction of sp³-hybridized carbons (Fsp3) is 0.615. The molecule has 0 radical (unpaired) electrons. The Kier molecular flexibility index (Phi) is 3.84. The van der Waals surface area contributed by atoms with Crippen LogP contribution in [-0.4, -0.2) is 16.3 Å². The molecule has 2 unspecified atom stereocenters. The average molecular weight is 290 g/mol. The molecule has 1 aliphatic carbocycles. The van der Waals surface area contributed by atoms with Crippen LogP contribution >= 0.6 is 11.8 Å². The van der Waals surface area contributed by atoms with Gasteiger partial charge in [0.1, 0.15) is 0 Å². The third-order valence-electron chi connectivity index (χ3n) is 3.71. The molecule has 0 spiro atoms. The third-order valence-corrected chi connectivity index (χ3v) is 5.03. The van der Waals surface area contributed by atoms with Crippen LogP contribution in [0.5, 0.6) is 0 Å². The number of aromatic nitrogens is 1. The van der Waals surface area contributed by atoms with E-state index in [-0.39, 0.29) is 16.7 Å². The summed E-state index contributed by atoms with van der Waals surface area (Å²) in [5.41, 5.74) is 5.55. The minimum Gasteiger partial charge on any atom is -0.326 e. The van der Waals surface area contributed by atoms with Crippen LogP contribution in [0.15, 0.2) is 23.4 Å². The van der Waals surface area contributed by atoms with Gasteiger partial charge >= 0.3 is 6.18 Å². The molecule has 6 heteroatoms. The molecule has 2 nitrogen and oxygen atoms in total. The van der Waals surface area contributed by atoms with E-state index in [2.05, 4.69) is 18.8 Å². The zero-order chi connectivity index (χ0) is 14.3. The minimum absolute atomic E-state index is 0.0431. The lowest BCUT2D eigenvalue weighted by Gasteiger charge is -2.26. The first-order chi connectivity index (χ1) is 8.70. The van der Waals surface area contributed by atoms with E-state index in [0.717, 1.165) is 25.1 Å². The average Bonchev–Trinajstić information content (AvgIpc) is 2.56. The van der Waals surface area contributed by atoms with Gasteiger partial charge in [-0.25, -0.2) is 4.98 Å². The van der Waals surface area contributed by atoms with Crippen LogP contribution in [0.4, 0.5) is 13.2 Å². The monoisotopic (exact) mass is 290 g/mol. The van der Waals surface area contributed by atoms with Crippen molar-refractivity contribution in [2.75, 3.05) is 0 Å². The summed E-state index contributed by atoms with van der Waals surface area (Å²) in [6, 6.07) is 2.54. The first-order valence-electron chi connectivity index (χ1n) is 6.16. The number of hydrogen-bond acceptors (Lipinski definition) is 3. The predicted molar refractivity (Wildman–Crippen MR) is 69.9 cm³/mol. The van der Waals surface area contributed by atoms with E-state index in [1.807, 2.05) is 0 Å². The number of halogens is 3. The van der Waals surface area contributed by atoms with E-state index in [4.69, 9.17) is 5.73 Å². The van der Waals surface area contributed by atoms with Crippen LogP contribution in [0.2, 0.25) is 0 Å². The molecule has 2 N–H and O–H groups in total. The van der Waals surface area contributed by atoms with Gasteiger partial charge in [-0.2, -0.15) is 13.2 Å². The Morgan fingerprint density at radius 2 is 2.05 bits per heavy atom. The molecule has 0 bridgehead atoms. The maximum atomic E-state index is 12.4. The van der Waals surface area contributed by atoms with Crippen LogP contribution in [0.3, 0.4) is 0 Å². The van der Waals surface area contributed by atoms with Crippen LogP contribution < -0.4 is 5.73 Å². The lowest BCUT2D eigenvalue weighted by atomic mass is 9.88. The number of alkyl halides is 3. The van der Waals surface area contributed by atoms with Gasteiger partial charge in [0.05, 0.1) is 10.6 Å². The highest BCUT2D eigenvalue weighted by Crippen LogP contribution is 2.43. The zero-order valence-corrected chi connectivity index (χ0v) is 11.7. The molecule has 1 aromatic heterocycles. The van der Waals surface area contributed by atoms with Gasteiger partial charge in [-0.1, -0.05) is 13.8 Å². The Morgan fingerprint density at radius 3 is 2.47 bits per heavy atom. The van der Waals surface area contributed by atoms with E-state index >= 15 is 0 Å². The SMILES string of the molecule is CC1(C)CCC(Sc2ccc(C(F)(F)F)cn2)C1N. The van der Waals surface area contributed by atoms with Crippen LogP contribution in [0, 0.1) is 5.41 Å². The van der Waals surface area contributed by atoms with Crippen LogP contribution in [0.1, 0.15) is 32.3 Å². The predicted octanol–water partition coefficient (Wildman–Crippen LogP) is 3.71. The van der Waals surface area contributed by atoms with Crippen molar-refractivity contribution in [1.82, 2.24) is 4.98 Å². The van der Waals surface area contributed by atoms with E-state index in [9.17, 15) is 13.2 Å². The Hall–Kier alpha value is -0.750. The summed E-state index contributed by atoms with van der Waals surface area (Å²) in [6.07, 6.45) is -1.44. The van der Waals surface area contributed by atoms with E-state index in [1.54, 1.807) is 0 Å². The summed E-state index contributed by atoms with van der Waals surface area (Å²) in [5, 5.41) is 0.824.